The van der Waals surface area contributed by atoms with Crippen LogP contribution in [0.3, 0.4) is 0 Å². The minimum absolute atomic E-state index is 0.0249. The van der Waals surface area contributed by atoms with E-state index in [1.54, 1.807) is 0 Å². The minimum Gasteiger partial charge on any atom is -0.338 e. The van der Waals surface area contributed by atoms with Crippen molar-refractivity contribution in [3.05, 3.63) is 64.5 Å². The molecule has 6 nitrogen and oxygen atoms in total. The monoisotopic (exact) mass is 454 g/mol. The van der Waals surface area contributed by atoms with Gasteiger partial charge in [-0.2, -0.15) is 4.98 Å². The van der Waals surface area contributed by atoms with Gasteiger partial charge in [-0.15, -0.1) is 0 Å². The summed E-state index contributed by atoms with van der Waals surface area (Å²) in [6.07, 6.45) is 1.64. The van der Waals surface area contributed by atoms with Gasteiger partial charge in [0.25, 0.3) is 0 Å². The molecule has 29 heavy (non-hydrogen) atoms. The molecular formula is C22H23BrN4O2. The molecule has 0 radical (unpaired) electrons. The van der Waals surface area contributed by atoms with Crippen molar-refractivity contribution in [1.82, 2.24) is 15.0 Å². The molecule has 2 aromatic carbocycles. The molecule has 150 valence electrons. The van der Waals surface area contributed by atoms with Crippen LogP contribution in [-0.2, 0) is 11.3 Å². The van der Waals surface area contributed by atoms with Gasteiger partial charge < -0.3 is 9.84 Å². The number of aromatic nitrogens is 2. The number of piperidine rings is 1. The predicted molar refractivity (Wildman–Crippen MR) is 115 cm³/mol. The second kappa shape index (κ2) is 8.88. The number of likely N-dealkylation sites (tertiary alicyclic amines) is 1. The number of aryl methyl sites for hydroxylation is 1. The van der Waals surface area contributed by atoms with Crippen molar-refractivity contribution in [2.75, 3.05) is 18.4 Å². The summed E-state index contributed by atoms with van der Waals surface area (Å²) in [7, 11) is 0. The average molecular weight is 455 g/mol. The molecule has 0 atom stereocenters. The van der Waals surface area contributed by atoms with Crippen LogP contribution in [0.15, 0.2) is 57.5 Å². The van der Waals surface area contributed by atoms with Gasteiger partial charge in [0.05, 0.1) is 6.54 Å². The second-order valence-electron chi connectivity index (χ2n) is 7.38. The number of rotatable bonds is 5. The standard InChI is InChI=1S/C22H23BrN4O2/c1-15-13-18(23)7-8-19(15)24-22(28)17-9-11-27(12-10-17)14-20-25-21(26-29-20)16-5-3-2-4-6-16/h2-8,13,17H,9-12,14H2,1H3,(H,24,28). The van der Waals surface area contributed by atoms with Gasteiger partial charge in [-0.25, -0.2) is 0 Å². The third-order valence-corrected chi connectivity index (χ3v) is 5.76. The number of nitrogens with zero attached hydrogens (tertiary/aromatic N) is 3. The van der Waals surface area contributed by atoms with Gasteiger partial charge in [0.1, 0.15) is 0 Å². The van der Waals surface area contributed by atoms with Crippen LogP contribution in [0.1, 0.15) is 24.3 Å². The lowest BCUT2D eigenvalue weighted by molar-refractivity contribution is -0.121. The number of halogens is 1. The zero-order valence-corrected chi connectivity index (χ0v) is 17.9. The third kappa shape index (κ3) is 4.92. The van der Waals surface area contributed by atoms with Crippen LogP contribution >= 0.6 is 15.9 Å². The molecule has 1 fully saturated rings. The number of benzene rings is 2. The molecule has 3 aromatic rings. The minimum atomic E-state index is 0.0249. The SMILES string of the molecule is Cc1cc(Br)ccc1NC(=O)C1CCN(Cc2nc(-c3ccccc3)no2)CC1. The first-order valence-corrected chi connectivity index (χ1v) is 10.5. The fourth-order valence-corrected chi connectivity index (χ4v) is 4.05. The predicted octanol–water partition coefficient (Wildman–Crippen LogP) is 4.66. The molecule has 2 heterocycles. The van der Waals surface area contributed by atoms with Crippen LogP contribution in [0.5, 0.6) is 0 Å². The van der Waals surface area contributed by atoms with Crippen LogP contribution in [-0.4, -0.2) is 34.0 Å². The first-order chi connectivity index (χ1) is 14.1. The largest absolute Gasteiger partial charge is 0.338 e. The Bertz CT molecular complexity index is 981. The lowest BCUT2D eigenvalue weighted by Gasteiger charge is -2.30. The van der Waals surface area contributed by atoms with Gasteiger partial charge in [-0.1, -0.05) is 51.4 Å². The first-order valence-electron chi connectivity index (χ1n) is 9.76. The number of nitrogens with one attached hydrogen (secondary N) is 1. The summed E-state index contributed by atoms with van der Waals surface area (Å²) in [5.41, 5.74) is 2.87. The van der Waals surface area contributed by atoms with E-state index in [2.05, 4.69) is 36.3 Å². The fourth-order valence-electron chi connectivity index (χ4n) is 3.57. The van der Waals surface area contributed by atoms with E-state index in [1.807, 2.05) is 55.5 Å². The molecule has 1 saturated heterocycles. The van der Waals surface area contributed by atoms with Crippen molar-refractivity contribution >= 4 is 27.5 Å². The van der Waals surface area contributed by atoms with Gasteiger partial charge in [-0.05, 0) is 56.6 Å². The molecule has 1 N–H and O–H groups in total. The van der Waals surface area contributed by atoms with Crippen LogP contribution in [0.2, 0.25) is 0 Å². The summed E-state index contributed by atoms with van der Waals surface area (Å²) < 4.78 is 6.42. The van der Waals surface area contributed by atoms with Gasteiger partial charge in [0, 0.05) is 21.6 Å². The fraction of sp³-hybridized carbons (Fsp3) is 0.318. The van der Waals surface area contributed by atoms with Crippen molar-refractivity contribution in [3.63, 3.8) is 0 Å². The molecular weight excluding hydrogens is 432 g/mol. The molecule has 4 rings (SSSR count). The number of hydrogen-bond donors (Lipinski definition) is 1. The lowest BCUT2D eigenvalue weighted by Crippen LogP contribution is -2.37. The Labute approximate surface area is 178 Å². The van der Waals surface area contributed by atoms with Gasteiger partial charge in [0.2, 0.25) is 17.6 Å². The molecule has 7 heteroatoms. The van der Waals surface area contributed by atoms with Crippen LogP contribution < -0.4 is 5.32 Å². The Morgan fingerprint density at radius 1 is 1.21 bits per heavy atom. The number of hydrogen-bond acceptors (Lipinski definition) is 5. The normalized spacial score (nSPS) is 15.4. The van der Waals surface area contributed by atoms with E-state index in [0.717, 1.165) is 47.2 Å². The number of carbonyl (C=O) groups is 1. The van der Waals surface area contributed by atoms with Crippen molar-refractivity contribution in [3.8, 4) is 11.4 Å². The molecule has 1 aliphatic rings. The maximum Gasteiger partial charge on any atom is 0.241 e. The number of amides is 1. The summed E-state index contributed by atoms with van der Waals surface area (Å²) in [4.78, 5) is 19.4. The van der Waals surface area contributed by atoms with E-state index >= 15 is 0 Å². The molecule has 0 spiro atoms. The highest BCUT2D eigenvalue weighted by Gasteiger charge is 2.26. The number of anilines is 1. The van der Waals surface area contributed by atoms with Crippen molar-refractivity contribution < 1.29 is 9.32 Å². The first kappa shape index (κ1) is 19.8. The Morgan fingerprint density at radius 2 is 1.97 bits per heavy atom. The third-order valence-electron chi connectivity index (χ3n) is 5.26. The Balaban J connectivity index is 1.29. The van der Waals surface area contributed by atoms with Crippen molar-refractivity contribution in [2.24, 2.45) is 5.92 Å². The maximum absolute atomic E-state index is 12.6. The van der Waals surface area contributed by atoms with E-state index in [0.29, 0.717) is 18.3 Å². The highest BCUT2D eigenvalue weighted by atomic mass is 79.9. The Kier molecular flexibility index (Phi) is 6.06. The quantitative estimate of drug-likeness (QED) is 0.606. The van der Waals surface area contributed by atoms with E-state index in [9.17, 15) is 4.79 Å². The summed E-state index contributed by atoms with van der Waals surface area (Å²) >= 11 is 3.45. The Hall–Kier alpha value is -2.51. The topological polar surface area (TPSA) is 71.3 Å². The van der Waals surface area contributed by atoms with Crippen LogP contribution in [0.4, 0.5) is 5.69 Å². The summed E-state index contributed by atoms with van der Waals surface area (Å²) in [6.45, 7) is 4.28. The van der Waals surface area contributed by atoms with Gasteiger partial charge >= 0.3 is 0 Å². The van der Waals surface area contributed by atoms with E-state index in [-0.39, 0.29) is 11.8 Å². The van der Waals surface area contributed by atoms with Crippen LogP contribution in [0, 0.1) is 12.8 Å². The molecule has 1 amide bonds. The smallest absolute Gasteiger partial charge is 0.241 e. The molecule has 1 aliphatic heterocycles. The summed E-state index contributed by atoms with van der Waals surface area (Å²) in [5.74, 6) is 1.34. The zero-order valence-electron chi connectivity index (χ0n) is 16.3. The second-order valence-corrected chi connectivity index (χ2v) is 8.29. The highest BCUT2D eigenvalue weighted by molar-refractivity contribution is 9.10. The maximum atomic E-state index is 12.6. The lowest BCUT2D eigenvalue weighted by atomic mass is 9.95. The molecule has 0 saturated carbocycles. The molecule has 0 bridgehead atoms. The highest BCUT2D eigenvalue weighted by Crippen LogP contribution is 2.24. The summed E-state index contributed by atoms with van der Waals surface area (Å²) in [6, 6.07) is 15.7. The molecule has 0 unspecified atom stereocenters. The molecule has 1 aromatic heterocycles. The number of carbonyl (C=O) groups excluding carboxylic acids is 1. The van der Waals surface area contributed by atoms with E-state index < -0.39 is 0 Å². The average Bonchev–Trinajstić information content (AvgIpc) is 3.20. The van der Waals surface area contributed by atoms with Crippen molar-refractivity contribution in [1.29, 1.82) is 0 Å². The van der Waals surface area contributed by atoms with Gasteiger partial charge in [-0.3, -0.25) is 9.69 Å². The zero-order chi connectivity index (χ0) is 20.2. The van der Waals surface area contributed by atoms with E-state index in [1.165, 1.54) is 0 Å². The van der Waals surface area contributed by atoms with Crippen LogP contribution in [0.25, 0.3) is 11.4 Å². The van der Waals surface area contributed by atoms with Crippen molar-refractivity contribution in [2.45, 2.75) is 26.3 Å². The van der Waals surface area contributed by atoms with Gasteiger partial charge in [0.15, 0.2) is 0 Å². The molecule has 0 aliphatic carbocycles. The Morgan fingerprint density at radius 3 is 2.69 bits per heavy atom. The van der Waals surface area contributed by atoms with E-state index in [4.69, 9.17) is 4.52 Å². The summed E-state index contributed by atoms with van der Waals surface area (Å²) in [5, 5.41) is 7.15.